The van der Waals surface area contributed by atoms with Crippen molar-refractivity contribution in [2.24, 2.45) is 0 Å². The van der Waals surface area contributed by atoms with Crippen molar-refractivity contribution in [3.8, 4) is 0 Å². The molecule has 1 fully saturated rings. The number of hydrogen-bond acceptors (Lipinski definition) is 2. The molecule has 0 saturated carbocycles. The summed E-state index contributed by atoms with van der Waals surface area (Å²) in [6.07, 6.45) is 0. The highest BCUT2D eigenvalue weighted by Crippen LogP contribution is 2.25. The van der Waals surface area contributed by atoms with Crippen LogP contribution in [0.15, 0.2) is 24.3 Å². The molecular weight excluding hydrogens is 338 g/mol. The van der Waals surface area contributed by atoms with Gasteiger partial charge in [0.1, 0.15) is 5.69 Å². The summed E-state index contributed by atoms with van der Waals surface area (Å²) in [5, 5.41) is 0. The topological polar surface area (TPSA) is 45.6 Å². The number of benzene rings is 1. The second-order valence-electron chi connectivity index (χ2n) is 7.56. The van der Waals surface area contributed by atoms with Gasteiger partial charge in [-0.25, -0.2) is 0 Å². The number of piperazine rings is 1. The number of rotatable bonds is 3. The maximum absolute atomic E-state index is 13.3. The Labute approximate surface area is 161 Å². The van der Waals surface area contributed by atoms with E-state index in [2.05, 4.69) is 49.6 Å². The molecule has 0 radical (unpaired) electrons. The summed E-state index contributed by atoms with van der Waals surface area (Å²) in [6.45, 7) is 13.0. The van der Waals surface area contributed by atoms with Crippen LogP contribution in [0.3, 0.4) is 0 Å². The molecule has 1 saturated heterocycles. The van der Waals surface area contributed by atoms with Gasteiger partial charge in [-0.1, -0.05) is 29.8 Å². The van der Waals surface area contributed by atoms with Crippen LogP contribution in [0, 0.1) is 27.7 Å². The first kappa shape index (κ1) is 19.2. The molecule has 27 heavy (non-hydrogen) atoms. The zero-order valence-corrected chi connectivity index (χ0v) is 17.0. The number of carbonyl (C=O) groups excluding carboxylic acids is 2. The third kappa shape index (κ3) is 3.77. The highest BCUT2D eigenvalue weighted by atomic mass is 16.2. The smallest absolute Gasteiger partial charge is 0.270 e. The van der Waals surface area contributed by atoms with Crippen LogP contribution in [0.4, 0.5) is 0 Å². The maximum atomic E-state index is 13.3. The normalized spacial score (nSPS) is 14.6. The second-order valence-corrected chi connectivity index (χ2v) is 7.56. The zero-order chi connectivity index (χ0) is 19.7. The van der Waals surface area contributed by atoms with E-state index in [9.17, 15) is 9.59 Å². The number of aryl methyl sites for hydroxylation is 1. The fraction of sp³-hybridized carbons (Fsp3) is 0.455. The Morgan fingerprint density at radius 2 is 1.56 bits per heavy atom. The Kier molecular flexibility index (Phi) is 5.40. The molecule has 2 aromatic rings. The summed E-state index contributed by atoms with van der Waals surface area (Å²) in [5.41, 5.74) is 6.57. The Hall–Kier alpha value is -2.56. The fourth-order valence-electron chi connectivity index (χ4n) is 3.86. The average Bonchev–Trinajstić information content (AvgIpc) is 2.85. The molecule has 144 valence electrons. The van der Waals surface area contributed by atoms with Crippen LogP contribution >= 0.6 is 0 Å². The van der Waals surface area contributed by atoms with Crippen LogP contribution in [0.2, 0.25) is 0 Å². The lowest BCUT2D eigenvalue weighted by molar-refractivity contribution is -0.130. The number of aromatic nitrogens is 1. The second kappa shape index (κ2) is 7.59. The molecule has 2 heterocycles. The molecule has 5 nitrogen and oxygen atoms in total. The lowest BCUT2D eigenvalue weighted by Gasteiger charge is -2.34. The molecule has 5 heteroatoms. The van der Waals surface area contributed by atoms with Crippen LogP contribution in [0.1, 0.15) is 45.4 Å². The third-order valence-electron chi connectivity index (χ3n) is 5.77. The van der Waals surface area contributed by atoms with Gasteiger partial charge in [-0.15, -0.1) is 0 Å². The molecule has 0 spiro atoms. The Bertz CT molecular complexity index is 874. The molecule has 3 rings (SSSR count). The first-order chi connectivity index (χ1) is 12.8. The summed E-state index contributed by atoms with van der Waals surface area (Å²) < 4.78 is 2.15. The van der Waals surface area contributed by atoms with Crippen molar-refractivity contribution in [2.75, 3.05) is 26.2 Å². The van der Waals surface area contributed by atoms with E-state index in [0.29, 0.717) is 32.7 Å². The van der Waals surface area contributed by atoms with Crippen LogP contribution < -0.4 is 0 Å². The minimum atomic E-state index is 0.0690. The monoisotopic (exact) mass is 367 g/mol. The molecule has 0 unspecified atom stereocenters. The SMILES string of the molecule is CC(=O)N1CCN(C(=O)c2c(C)c(C)c(C)n2Cc2cccc(C)c2)CC1. The van der Waals surface area contributed by atoms with Crippen molar-refractivity contribution < 1.29 is 9.59 Å². The van der Waals surface area contributed by atoms with Crippen molar-refractivity contribution in [1.29, 1.82) is 0 Å². The van der Waals surface area contributed by atoms with Crippen LogP contribution in [0.5, 0.6) is 0 Å². The summed E-state index contributed by atoms with van der Waals surface area (Å²) in [4.78, 5) is 28.6. The van der Waals surface area contributed by atoms with E-state index in [1.165, 1.54) is 16.7 Å². The molecule has 0 N–H and O–H groups in total. The van der Waals surface area contributed by atoms with Gasteiger partial charge in [0.15, 0.2) is 0 Å². The number of hydrogen-bond donors (Lipinski definition) is 0. The number of amides is 2. The molecule has 2 amide bonds. The van der Waals surface area contributed by atoms with E-state index in [1.807, 2.05) is 11.8 Å². The lowest BCUT2D eigenvalue weighted by Crippen LogP contribution is -2.50. The van der Waals surface area contributed by atoms with Crippen molar-refractivity contribution in [3.63, 3.8) is 0 Å². The van der Waals surface area contributed by atoms with E-state index in [4.69, 9.17) is 0 Å². The number of nitrogens with zero attached hydrogens (tertiary/aromatic N) is 3. The van der Waals surface area contributed by atoms with Gasteiger partial charge in [0.25, 0.3) is 5.91 Å². The lowest BCUT2D eigenvalue weighted by atomic mass is 10.1. The Balaban J connectivity index is 1.90. The summed E-state index contributed by atoms with van der Waals surface area (Å²) in [5.74, 6) is 0.146. The van der Waals surface area contributed by atoms with Gasteiger partial charge in [0.05, 0.1) is 0 Å². The molecule has 0 bridgehead atoms. The van der Waals surface area contributed by atoms with E-state index < -0.39 is 0 Å². The summed E-state index contributed by atoms with van der Waals surface area (Å²) in [6, 6.07) is 8.43. The van der Waals surface area contributed by atoms with Gasteiger partial charge in [-0.2, -0.15) is 0 Å². The highest BCUT2D eigenvalue weighted by molar-refractivity contribution is 5.95. The highest BCUT2D eigenvalue weighted by Gasteiger charge is 2.28. The molecule has 1 aromatic heterocycles. The minimum absolute atomic E-state index is 0.0690. The first-order valence-corrected chi connectivity index (χ1v) is 9.56. The van der Waals surface area contributed by atoms with E-state index in [-0.39, 0.29) is 11.8 Å². The fourth-order valence-corrected chi connectivity index (χ4v) is 3.86. The van der Waals surface area contributed by atoms with Crippen LogP contribution in [0.25, 0.3) is 0 Å². The van der Waals surface area contributed by atoms with E-state index in [1.54, 1.807) is 11.8 Å². The van der Waals surface area contributed by atoms with Crippen molar-refractivity contribution in [3.05, 3.63) is 57.9 Å². The van der Waals surface area contributed by atoms with Gasteiger partial charge in [0.2, 0.25) is 5.91 Å². The molecular formula is C22H29N3O2. The molecule has 0 atom stereocenters. The molecule has 1 aromatic carbocycles. The minimum Gasteiger partial charge on any atom is -0.339 e. The van der Waals surface area contributed by atoms with Gasteiger partial charge in [0, 0.05) is 45.3 Å². The molecule has 1 aliphatic heterocycles. The van der Waals surface area contributed by atoms with Crippen LogP contribution in [-0.2, 0) is 11.3 Å². The predicted octanol–water partition coefficient (Wildman–Crippen LogP) is 3.07. The Morgan fingerprint density at radius 3 is 2.15 bits per heavy atom. The van der Waals surface area contributed by atoms with Crippen molar-refractivity contribution >= 4 is 11.8 Å². The zero-order valence-electron chi connectivity index (χ0n) is 17.0. The Morgan fingerprint density at radius 1 is 0.926 bits per heavy atom. The van der Waals surface area contributed by atoms with Gasteiger partial charge < -0.3 is 14.4 Å². The van der Waals surface area contributed by atoms with Crippen molar-refractivity contribution in [2.45, 2.75) is 41.2 Å². The first-order valence-electron chi connectivity index (χ1n) is 9.56. The molecule has 0 aliphatic carbocycles. The largest absolute Gasteiger partial charge is 0.339 e. The van der Waals surface area contributed by atoms with Crippen LogP contribution in [-0.4, -0.2) is 52.4 Å². The summed E-state index contributed by atoms with van der Waals surface area (Å²) >= 11 is 0. The van der Waals surface area contributed by atoms with Gasteiger partial charge >= 0.3 is 0 Å². The standard InChI is InChI=1S/C22H29N3O2/c1-15-7-6-8-20(13-15)14-25-18(4)16(2)17(3)21(25)22(27)24-11-9-23(10-12-24)19(5)26/h6-8,13H,9-12,14H2,1-5H3. The third-order valence-corrected chi connectivity index (χ3v) is 5.77. The quantitative estimate of drug-likeness (QED) is 0.837. The van der Waals surface area contributed by atoms with E-state index in [0.717, 1.165) is 17.0 Å². The predicted molar refractivity (Wildman–Crippen MR) is 107 cm³/mol. The number of carbonyl (C=O) groups is 2. The maximum Gasteiger partial charge on any atom is 0.270 e. The average molecular weight is 367 g/mol. The molecule has 1 aliphatic rings. The van der Waals surface area contributed by atoms with E-state index >= 15 is 0 Å². The van der Waals surface area contributed by atoms with Gasteiger partial charge in [-0.05, 0) is 44.4 Å². The summed E-state index contributed by atoms with van der Waals surface area (Å²) in [7, 11) is 0. The van der Waals surface area contributed by atoms with Gasteiger partial charge in [-0.3, -0.25) is 9.59 Å². The van der Waals surface area contributed by atoms with Crippen molar-refractivity contribution in [1.82, 2.24) is 14.4 Å².